The third-order valence-electron chi connectivity index (χ3n) is 3.69. The van der Waals surface area contributed by atoms with Crippen LogP contribution >= 0.6 is 11.3 Å². The Kier molecular flexibility index (Phi) is 5.24. The molecule has 0 spiro atoms. The summed E-state index contributed by atoms with van der Waals surface area (Å²) in [5.74, 6) is -0.113. The lowest BCUT2D eigenvalue weighted by atomic mass is 10.1. The average molecular weight is 333 g/mol. The Bertz CT molecular complexity index is 849. The molecule has 0 aliphatic rings. The Labute approximate surface area is 146 Å². The van der Waals surface area contributed by atoms with Gasteiger partial charge in [0, 0.05) is 21.5 Å². The van der Waals surface area contributed by atoms with Crippen molar-refractivity contribution in [2.24, 2.45) is 0 Å². The molecule has 3 aromatic rings. The number of aryl methyl sites for hydroxylation is 1. The standard InChI is InChI=1S/C21H19NOS/c1-2-16-7-6-10-18(15-16)22-21(23)14-12-19-11-13-20(24-19)17-8-4-3-5-9-17/h3-15H,2H2,1H3,(H,22,23)/b14-12+. The molecule has 0 aliphatic carbocycles. The van der Waals surface area contributed by atoms with Crippen LogP contribution in [0.1, 0.15) is 17.4 Å². The third kappa shape index (κ3) is 4.21. The molecule has 1 heterocycles. The Morgan fingerprint density at radius 3 is 2.67 bits per heavy atom. The lowest BCUT2D eigenvalue weighted by Crippen LogP contribution is -2.07. The van der Waals surface area contributed by atoms with E-state index < -0.39 is 0 Å². The van der Waals surface area contributed by atoms with Crippen molar-refractivity contribution in [2.45, 2.75) is 13.3 Å². The molecule has 0 unspecified atom stereocenters. The van der Waals surface area contributed by atoms with Crippen LogP contribution in [-0.4, -0.2) is 5.91 Å². The van der Waals surface area contributed by atoms with Gasteiger partial charge in [-0.15, -0.1) is 11.3 Å². The van der Waals surface area contributed by atoms with E-state index in [1.807, 2.05) is 48.5 Å². The molecule has 0 radical (unpaired) electrons. The van der Waals surface area contributed by atoms with Crippen LogP contribution in [0.2, 0.25) is 0 Å². The predicted molar refractivity (Wildman–Crippen MR) is 103 cm³/mol. The third-order valence-corrected chi connectivity index (χ3v) is 4.79. The van der Waals surface area contributed by atoms with Crippen LogP contribution < -0.4 is 5.32 Å². The van der Waals surface area contributed by atoms with E-state index >= 15 is 0 Å². The normalized spacial score (nSPS) is 10.9. The SMILES string of the molecule is CCc1cccc(NC(=O)/C=C/c2ccc(-c3ccccc3)s2)c1. The molecule has 0 fully saturated rings. The lowest BCUT2D eigenvalue weighted by Gasteiger charge is -2.03. The van der Waals surface area contributed by atoms with Gasteiger partial charge in [0.15, 0.2) is 0 Å². The Morgan fingerprint density at radius 2 is 1.88 bits per heavy atom. The summed E-state index contributed by atoms with van der Waals surface area (Å²) < 4.78 is 0. The minimum absolute atomic E-state index is 0.113. The van der Waals surface area contributed by atoms with E-state index in [9.17, 15) is 4.79 Å². The van der Waals surface area contributed by atoms with Crippen molar-refractivity contribution < 1.29 is 4.79 Å². The number of carbonyl (C=O) groups excluding carboxylic acids is 1. The van der Waals surface area contributed by atoms with Gasteiger partial charge < -0.3 is 5.32 Å². The largest absolute Gasteiger partial charge is 0.323 e. The molecule has 2 aromatic carbocycles. The molecule has 0 atom stereocenters. The molecule has 0 saturated carbocycles. The van der Waals surface area contributed by atoms with Crippen LogP contribution in [-0.2, 0) is 11.2 Å². The highest BCUT2D eigenvalue weighted by Crippen LogP contribution is 2.28. The number of amides is 1. The number of carbonyl (C=O) groups is 1. The second-order valence-electron chi connectivity index (χ2n) is 5.44. The number of hydrogen-bond acceptors (Lipinski definition) is 2. The first-order valence-corrected chi connectivity index (χ1v) is 8.79. The maximum absolute atomic E-state index is 12.1. The number of benzene rings is 2. The predicted octanol–water partition coefficient (Wildman–Crippen LogP) is 5.63. The first-order valence-electron chi connectivity index (χ1n) is 7.98. The zero-order valence-electron chi connectivity index (χ0n) is 13.5. The van der Waals surface area contributed by atoms with Crippen LogP contribution in [0.5, 0.6) is 0 Å². The first-order chi connectivity index (χ1) is 11.7. The summed E-state index contributed by atoms with van der Waals surface area (Å²) in [6, 6.07) is 22.3. The Morgan fingerprint density at radius 1 is 1.04 bits per heavy atom. The van der Waals surface area contributed by atoms with Gasteiger partial charge in [0.05, 0.1) is 0 Å². The van der Waals surface area contributed by atoms with Gasteiger partial charge in [0.25, 0.3) is 0 Å². The minimum Gasteiger partial charge on any atom is -0.323 e. The fourth-order valence-electron chi connectivity index (χ4n) is 2.41. The van der Waals surface area contributed by atoms with E-state index in [0.717, 1.165) is 17.0 Å². The Hall–Kier alpha value is -2.65. The van der Waals surface area contributed by atoms with Crippen molar-refractivity contribution in [1.29, 1.82) is 0 Å². The van der Waals surface area contributed by atoms with Crippen LogP contribution in [0.15, 0.2) is 72.8 Å². The zero-order valence-corrected chi connectivity index (χ0v) is 14.3. The molecule has 1 aromatic heterocycles. The van der Waals surface area contributed by atoms with Crippen LogP contribution in [0.3, 0.4) is 0 Å². The maximum Gasteiger partial charge on any atom is 0.248 e. The number of rotatable bonds is 5. The van der Waals surface area contributed by atoms with Gasteiger partial charge in [-0.05, 0) is 47.9 Å². The van der Waals surface area contributed by atoms with Crippen molar-refractivity contribution in [3.63, 3.8) is 0 Å². The molecule has 120 valence electrons. The van der Waals surface area contributed by atoms with Crippen LogP contribution in [0.25, 0.3) is 16.5 Å². The monoisotopic (exact) mass is 333 g/mol. The van der Waals surface area contributed by atoms with Crippen molar-refractivity contribution in [3.8, 4) is 10.4 Å². The summed E-state index contributed by atoms with van der Waals surface area (Å²) in [4.78, 5) is 14.3. The zero-order chi connectivity index (χ0) is 16.8. The van der Waals surface area contributed by atoms with E-state index in [0.29, 0.717) is 0 Å². The fraction of sp³-hybridized carbons (Fsp3) is 0.0952. The highest BCUT2D eigenvalue weighted by atomic mass is 32.1. The van der Waals surface area contributed by atoms with E-state index in [1.165, 1.54) is 16.0 Å². The Balaban J connectivity index is 1.65. The second-order valence-corrected chi connectivity index (χ2v) is 6.56. The van der Waals surface area contributed by atoms with Gasteiger partial charge in [0.1, 0.15) is 0 Å². The molecule has 1 N–H and O–H groups in total. The van der Waals surface area contributed by atoms with Gasteiger partial charge in [0.2, 0.25) is 5.91 Å². The maximum atomic E-state index is 12.1. The van der Waals surface area contributed by atoms with E-state index in [4.69, 9.17) is 0 Å². The fourth-order valence-corrected chi connectivity index (χ4v) is 3.33. The summed E-state index contributed by atoms with van der Waals surface area (Å²) in [5, 5.41) is 2.90. The van der Waals surface area contributed by atoms with Gasteiger partial charge in [-0.25, -0.2) is 0 Å². The molecule has 0 saturated heterocycles. The van der Waals surface area contributed by atoms with Crippen molar-refractivity contribution in [2.75, 3.05) is 5.32 Å². The highest BCUT2D eigenvalue weighted by molar-refractivity contribution is 7.16. The highest BCUT2D eigenvalue weighted by Gasteiger charge is 2.02. The van der Waals surface area contributed by atoms with Crippen molar-refractivity contribution in [1.82, 2.24) is 0 Å². The van der Waals surface area contributed by atoms with E-state index in [1.54, 1.807) is 17.4 Å². The molecule has 0 bridgehead atoms. The molecule has 3 rings (SSSR count). The number of anilines is 1. The molecule has 0 aliphatic heterocycles. The second kappa shape index (κ2) is 7.75. The van der Waals surface area contributed by atoms with Gasteiger partial charge in [-0.3, -0.25) is 4.79 Å². The van der Waals surface area contributed by atoms with Gasteiger partial charge in [-0.1, -0.05) is 49.4 Å². The number of thiophene rings is 1. The summed E-state index contributed by atoms with van der Waals surface area (Å²) in [6.45, 7) is 2.10. The smallest absolute Gasteiger partial charge is 0.248 e. The number of hydrogen-bond donors (Lipinski definition) is 1. The first kappa shape index (κ1) is 16.2. The van der Waals surface area contributed by atoms with Gasteiger partial charge >= 0.3 is 0 Å². The summed E-state index contributed by atoms with van der Waals surface area (Å²) in [6.07, 6.45) is 4.40. The quantitative estimate of drug-likeness (QED) is 0.602. The van der Waals surface area contributed by atoms with Crippen LogP contribution in [0, 0.1) is 0 Å². The lowest BCUT2D eigenvalue weighted by molar-refractivity contribution is -0.111. The molecular formula is C21H19NOS. The molecule has 1 amide bonds. The average Bonchev–Trinajstić information content (AvgIpc) is 3.10. The summed E-state index contributed by atoms with van der Waals surface area (Å²) >= 11 is 1.67. The molecule has 3 heteroatoms. The molecule has 2 nitrogen and oxygen atoms in total. The van der Waals surface area contributed by atoms with Crippen LogP contribution in [0.4, 0.5) is 5.69 Å². The van der Waals surface area contributed by atoms with Crippen molar-refractivity contribution >= 4 is 29.0 Å². The summed E-state index contributed by atoms with van der Waals surface area (Å²) in [7, 11) is 0. The number of nitrogens with one attached hydrogen (secondary N) is 1. The molecular weight excluding hydrogens is 314 g/mol. The van der Waals surface area contributed by atoms with E-state index in [-0.39, 0.29) is 5.91 Å². The van der Waals surface area contributed by atoms with Crippen molar-refractivity contribution in [3.05, 3.63) is 83.2 Å². The summed E-state index contributed by atoms with van der Waals surface area (Å²) in [5.41, 5.74) is 3.24. The topological polar surface area (TPSA) is 29.1 Å². The minimum atomic E-state index is -0.113. The molecule has 24 heavy (non-hydrogen) atoms. The van der Waals surface area contributed by atoms with Gasteiger partial charge in [-0.2, -0.15) is 0 Å². The van der Waals surface area contributed by atoms with E-state index in [2.05, 4.69) is 36.5 Å².